The van der Waals surface area contributed by atoms with Gasteiger partial charge in [-0.05, 0) is 0 Å². The number of nitrogens with two attached hydrogens (primary N) is 2. The van der Waals surface area contributed by atoms with E-state index < -0.39 is 5.91 Å². The van der Waals surface area contributed by atoms with Crippen LogP contribution in [0.15, 0.2) is 0 Å². The van der Waals surface area contributed by atoms with Crippen LogP contribution < -0.4 is 11.5 Å². The summed E-state index contributed by atoms with van der Waals surface area (Å²) in [5.74, 6) is -0.201. The number of nitrogens with one attached hydrogen (secondary N) is 1. The molecule has 0 bridgehead atoms. The van der Waals surface area contributed by atoms with Gasteiger partial charge < -0.3 is 26.3 Å². The lowest BCUT2D eigenvalue weighted by Crippen LogP contribution is -2.13. The number of hydrogen-bond acceptors (Lipinski definition) is 5. The van der Waals surface area contributed by atoms with E-state index in [0.717, 1.165) is 0 Å². The molecule has 0 unspecified atom stereocenters. The highest BCUT2D eigenvalue weighted by atomic mass is 16.5. The number of anilines is 1. The standard InChI is InChI=1S/C7H12N4O3/c8-6-5(7(9)13)10-4(11-6)3-14-2-1-12/h12H,1-3,8H2,(H2,9,13)(H,10,11). The third-order valence-corrected chi connectivity index (χ3v) is 1.50. The number of ether oxygens (including phenoxy) is 1. The summed E-state index contributed by atoms with van der Waals surface area (Å²) in [6, 6.07) is 0. The molecule has 7 nitrogen and oxygen atoms in total. The van der Waals surface area contributed by atoms with Crippen LogP contribution in [0.3, 0.4) is 0 Å². The second kappa shape index (κ2) is 4.58. The second-order valence-electron chi connectivity index (χ2n) is 2.58. The molecule has 0 aliphatic carbocycles. The lowest BCUT2D eigenvalue weighted by molar-refractivity contribution is 0.0779. The molecule has 14 heavy (non-hydrogen) atoms. The predicted molar refractivity (Wildman–Crippen MR) is 48.3 cm³/mol. The Balaban J connectivity index is 2.62. The first-order valence-corrected chi connectivity index (χ1v) is 3.98. The highest BCUT2D eigenvalue weighted by molar-refractivity contribution is 5.95. The molecule has 78 valence electrons. The molecule has 1 aromatic rings. The average molecular weight is 200 g/mol. The Morgan fingerprint density at radius 3 is 2.86 bits per heavy atom. The number of carbonyl (C=O) groups excluding carboxylic acids is 1. The minimum Gasteiger partial charge on any atom is -0.394 e. The highest BCUT2D eigenvalue weighted by Crippen LogP contribution is 2.07. The summed E-state index contributed by atoms with van der Waals surface area (Å²) < 4.78 is 4.97. The summed E-state index contributed by atoms with van der Waals surface area (Å²) >= 11 is 0. The number of aliphatic hydroxyl groups is 1. The average Bonchev–Trinajstić information content (AvgIpc) is 2.47. The Morgan fingerprint density at radius 2 is 2.36 bits per heavy atom. The van der Waals surface area contributed by atoms with Crippen LogP contribution in [-0.2, 0) is 11.3 Å². The van der Waals surface area contributed by atoms with Gasteiger partial charge in [0.15, 0.2) is 5.82 Å². The van der Waals surface area contributed by atoms with Crippen molar-refractivity contribution in [2.24, 2.45) is 5.73 Å². The third kappa shape index (κ3) is 2.44. The zero-order chi connectivity index (χ0) is 10.6. The maximum absolute atomic E-state index is 10.8. The second-order valence-corrected chi connectivity index (χ2v) is 2.58. The van der Waals surface area contributed by atoms with Crippen LogP contribution in [0.2, 0.25) is 0 Å². The molecular weight excluding hydrogens is 188 g/mol. The Bertz CT molecular complexity index is 323. The lowest BCUT2D eigenvalue weighted by atomic mass is 10.4. The number of aromatic nitrogens is 2. The quantitative estimate of drug-likeness (QED) is 0.434. The van der Waals surface area contributed by atoms with E-state index in [0.29, 0.717) is 5.82 Å². The van der Waals surface area contributed by atoms with Crippen molar-refractivity contribution in [1.82, 2.24) is 9.97 Å². The van der Waals surface area contributed by atoms with Crippen LogP contribution in [0.5, 0.6) is 0 Å². The van der Waals surface area contributed by atoms with E-state index in [-0.39, 0.29) is 31.3 Å². The van der Waals surface area contributed by atoms with Crippen molar-refractivity contribution in [1.29, 1.82) is 0 Å². The molecule has 1 rings (SSSR count). The Kier molecular flexibility index (Phi) is 3.43. The summed E-state index contributed by atoms with van der Waals surface area (Å²) in [6.07, 6.45) is 0. The molecule has 0 aliphatic heterocycles. The molecule has 0 fully saturated rings. The zero-order valence-corrected chi connectivity index (χ0v) is 7.49. The summed E-state index contributed by atoms with van der Waals surface area (Å²) in [5, 5.41) is 8.44. The maximum Gasteiger partial charge on any atom is 0.269 e. The molecule has 0 saturated carbocycles. The lowest BCUT2D eigenvalue weighted by Gasteiger charge is -1.97. The van der Waals surface area contributed by atoms with Crippen molar-refractivity contribution in [3.8, 4) is 0 Å². The van der Waals surface area contributed by atoms with Gasteiger partial charge in [0, 0.05) is 0 Å². The van der Waals surface area contributed by atoms with Crippen LogP contribution >= 0.6 is 0 Å². The molecule has 1 amide bonds. The number of nitrogens with zero attached hydrogens (tertiary/aromatic N) is 1. The van der Waals surface area contributed by atoms with Gasteiger partial charge in [0.1, 0.15) is 18.1 Å². The number of aliphatic hydroxyl groups excluding tert-OH is 1. The number of nitrogen functional groups attached to an aromatic ring is 1. The molecule has 1 heterocycles. The first-order chi connectivity index (χ1) is 6.65. The van der Waals surface area contributed by atoms with Crippen molar-refractivity contribution >= 4 is 11.7 Å². The molecule has 6 N–H and O–H groups in total. The van der Waals surface area contributed by atoms with E-state index in [9.17, 15) is 4.79 Å². The van der Waals surface area contributed by atoms with Gasteiger partial charge >= 0.3 is 0 Å². The third-order valence-electron chi connectivity index (χ3n) is 1.50. The van der Waals surface area contributed by atoms with Crippen LogP contribution in [0.1, 0.15) is 16.3 Å². The largest absolute Gasteiger partial charge is 0.394 e. The Morgan fingerprint density at radius 1 is 1.64 bits per heavy atom. The minimum atomic E-state index is -0.664. The van der Waals surface area contributed by atoms with Crippen molar-refractivity contribution in [2.75, 3.05) is 18.9 Å². The van der Waals surface area contributed by atoms with Crippen molar-refractivity contribution < 1.29 is 14.6 Å². The topological polar surface area (TPSA) is 127 Å². The van der Waals surface area contributed by atoms with Gasteiger partial charge in [-0.3, -0.25) is 4.79 Å². The molecule has 0 saturated heterocycles. The molecular formula is C7H12N4O3. The number of rotatable bonds is 5. The first kappa shape index (κ1) is 10.5. The Hall–Kier alpha value is -1.60. The van der Waals surface area contributed by atoms with E-state index in [1.54, 1.807) is 0 Å². The number of H-pyrrole nitrogens is 1. The number of carbonyl (C=O) groups is 1. The van der Waals surface area contributed by atoms with Gasteiger partial charge in [-0.2, -0.15) is 0 Å². The summed E-state index contributed by atoms with van der Waals surface area (Å²) in [5.41, 5.74) is 10.5. The van der Waals surface area contributed by atoms with E-state index >= 15 is 0 Å². The van der Waals surface area contributed by atoms with Crippen LogP contribution in [0.25, 0.3) is 0 Å². The minimum absolute atomic E-state index is 0.0556. The fourth-order valence-electron chi connectivity index (χ4n) is 0.927. The number of imidazole rings is 1. The molecule has 1 aromatic heterocycles. The van der Waals surface area contributed by atoms with E-state index in [1.165, 1.54) is 0 Å². The number of aromatic amines is 1. The summed E-state index contributed by atoms with van der Waals surface area (Å²) in [6.45, 7) is 0.281. The molecule has 0 aromatic carbocycles. The van der Waals surface area contributed by atoms with Gasteiger partial charge in [-0.1, -0.05) is 0 Å². The van der Waals surface area contributed by atoms with Gasteiger partial charge in [0.2, 0.25) is 0 Å². The Labute approximate surface area is 80.1 Å². The van der Waals surface area contributed by atoms with Gasteiger partial charge in [0.25, 0.3) is 5.91 Å². The SMILES string of the molecule is NC(=O)c1[nH]c(COCCO)nc1N. The molecule has 0 radical (unpaired) electrons. The van der Waals surface area contributed by atoms with Crippen molar-refractivity contribution in [3.05, 3.63) is 11.5 Å². The smallest absolute Gasteiger partial charge is 0.269 e. The number of hydrogen-bond donors (Lipinski definition) is 4. The van der Waals surface area contributed by atoms with Gasteiger partial charge in [-0.25, -0.2) is 4.98 Å². The van der Waals surface area contributed by atoms with Crippen LogP contribution in [-0.4, -0.2) is 34.2 Å². The molecule has 0 aliphatic rings. The van der Waals surface area contributed by atoms with Gasteiger partial charge in [-0.15, -0.1) is 0 Å². The van der Waals surface area contributed by atoms with E-state index in [4.69, 9.17) is 21.3 Å². The maximum atomic E-state index is 10.8. The van der Waals surface area contributed by atoms with Gasteiger partial charge in [0.05, 0.1) is 13.2 Å². The monoisotopic (exact) mass is 200 g/mol. The molecule has 7 heteroatoms. The predicted octanol–water partition coefficient (Wildman–Crippen LogP) is -1.40. The van der Waals surface area contributed by atoms with Crippen LogP contribution in [0.4, 0.5) is 5.82 Å². The van der Waals surface area contributed by atoms with Crippen molar-refractivity contribution in [2.45, 2.75) is 6.61 Å². The number of amides is 1. The normalized spacial score (nSPS) is 10.4. The molecule has 0 spiro atoms. The summed E-state index contributed by atoms with van der Waals surface area (Å²) in [4.78, 5) is 17.2. The molecule has 0 atom stereocenters. The fraction of sp³-hybridized carbons (Fsp3) is 0.429. The van der Waals surface area contributed by atoms with Crippen molar-refractivity contribution in [3.63, 3.8) is 0 Å². The van der Waals surface area contributed by atoms with E-state index in [2.05, 4.69) is 9.97 Å². The number of primary amides is 1. The summed E-state index contributed by atoms with van der Waals surface area (Å²) in [7, 11) is 0. The van der Waals surface area contributed by atoms with E-state index in [1.807, 2.05) is 0 Å². The zero-order valence-electron chi connectivity index (χ0n) is 7.49. The highest BCUT2D eigenvalue weighted by Gasteiger charge is 2.11. The van der Waals surface area contributed by atoms with Crippen LogP contribution in [0, 0.1) is 0 Å². The first-order valence-electron chi connectivity index (χ1n) is 3.98. The fourth-order valence-corrected chi connectivity index (χ4v) is 0.927.